The standard InChI is InChI=1S/C12H16O/c1-9(2)11-8-7-10-5-3-4-6-12(10)13-11/h3-12H,1-2H3. The third kappa shape index (κ3) is 1.75. The minimum atomic E-state index is 0.266. The number of allylic oxidation sites excluding steroid dienone is 2. The van der Waals surface area contributed by atoms with Gasteiger partial charge in [-0.1, -0.05) is 50.3 Å². The molecule has 0 aromatic heterocycles. The van der Waals surface area contributed by atoms with E-state index in [1.165, 1.54) is 0 Å². The predicted octanol–water partition coefficient (Wildman–Crippen LogP) is 2.71. The zero-order valence-corrected chi connectivity index (χ0v) is 8.18. The third-order valence-corrected chi connectivity index (χ3v) is 2.62. The Morgan fingerprint density at radius 3 is 2.54 bits per heavy atom. The summed E-state index contributed by atoms with van der Waals surface area (Å²) in [5, 5.41) is 0. The van der Waals surface area contributed by atoms with Gasteiger partial charge in [-0.25, -0.2) is 0 Å². The van der Waals surface area contributed by atoms with Gasteiger partial charge in [-0.3, -0.25) is 0 Å². The molecule has 1 aliphatic heterocycles. The zero-order chi connectivity index (χ0) is 9.26. The van der Waals surface area contributed by atoms with Gasteiger partial charge in [0.2, 0.25) is 0 Å². The summed E-state index contributed by atoms with van der Waals surface area (Å²) in [4.78, 5) is 0. The maximum absolute atomic E-state index is 5.93. The average Bonchev–Trinajstić information content (AvgIpc) is 2.17. The van der Waals surface area contributed by atoms with E-state index in [1.807, 2.05) is 0 Å². The Bertz CT molecular complexity index is 260. The lowest BCUT2D eigenvalue weighted by atomic mass is 9.92. The van der Waals surface area contributed by atoms with Crippen molar-refractivity contribution >= 4 is 0 Å². The van der Waals surface area contributed by atoms with Crippen LogP contribution in [0.4, 0.5) is 0 Å². The molecule has 0 aromatic rings. The predicted molar refractivity (Wildman–Crippen MR) is 54.4 cm³/mol. The maximum atomic E-state index is 5.93. The molecule has 0 N–H and O–H groups in total. The summed E-state index contributed by atoms with van der Waals surface area (Å²) < 4.78 is 5.93. The molecule has 3 unspecified atom stereocenters. The molecule has 70 valence electrons. The van der Waals surface area contributed by atoms with Crippen LogP contribution in [-0.2, 0) is 4.74 Å². The first kappa shape index (κ1) is 8.76. The van der Waals surface area contributed by atoms with Gasteiger partial charge < -0.3 is 4.74 Å². The van der Waals surface area contributed by atoms with Crippen LogP contribution in [0.1, 0.15) is 13.8 Å². The van der Waals surface area contributed by atoms with E-state index in [1.54, 1.807) is 0 Å². The summed E-state index contributed by atoms with van der Waals surface area (Å²) in [5.41, 5.74) is 0. The number of fused-ring (bicyclic) bond motifs is 1. The third-order valence-electron chi connectivity index (χ3n) is 2.62. The molecule has 0 bridgehead atoms. The lowest BCUT2D eigenvalue weighted by molar-refractivity contribution is -0.00635. The Morgan fingerprint density at radius 1 is 1.00 bits per heavy atom. The second kappa shape index (κ2) is 3.51. The van der Waals surface area contributed by atoms with Crippen LogP contribution in [0.5, 0.6) is 0 Å². The highest BCUT2D eigenvalue weighted by molar-refractivity contribution is 5.22. The Hall–Kier alpha value is -0.820. The molecule has 2 rings (SSSR count). The molecule has 1 nitrogen and oxygen atoms in total. The normalized spacial score (nSPS) is 36.7. The Morgan fingerprint density at radius 2 is 1.77 bits per heavy atom. The molecular formula is C12H16O. The molecule has 0 saturated heterocycles. The van der Waals surface area contributed by atoms with Crippen molar-refractivity contribution in [3.8, 4) is 0 Å². The minimum Gasteiger partial charge on any atom is -0.366 e. The van der Waals surface area contributed by atoms with Crippen LogP contribution >= 0.6 is 0 Å². The van der Waals surface area contributed by atoms with Crippen molar-refractivity contribution < 1.29 is 4.74 Å². The molecule has 1 heterocycles. The fourth-order valence-electron chi connectivity index (χ4n) is 1.76. The minimum absolute atomic E-state index is 0.266. The van der Waals surface area contributed by atoms with Gasteiger partial charge in [0.25, 0.3) is 0 Å². The van der Waals surface area contributed by atoms with Crippen LogP contribution in [-0.4, -0.2) is 12.2 Å². The van der Waals surface area contributed by atoms with Gasteiger partial charge in [-0.2, -0.15) is 0 Å². The van der Waals surface area contributed by atoms with E-state index in [9.17, 15) is 0 Å². The lowest BCUT2D eigenvalue weighted by Crippen LogP contribution is -2.32. The summed E-state index contributed by atoms with van der Waals surface area (Å²) in [6, 6.07) is 0. The van der Waals surface area contributed by atoms with Gasteiger partial charge in [-0.05, 0) is 5.92 Å². The number of ether oxygens (including phenoxy) is 1. The molecule has 0 radical (unpaired) electrons. The summed E-state index contributed by atoms with van der Waals surface area (Å²) in [5.74, 6) is 1.02. The first-order valence-corrected chi connectivity index (χ1v) is 4.96. The van der Waals surface area contributed by atoms with Crippen LogP contribution in [0, 0.1) is 11.8 Å². The van der Waals surface area contributed by atoms with E-state index in [0.717, 1.165) is 0 Å². The van der Waals surface area contributed by atoms with Crippen molar-refractivity contribution in [3.05, 3.63) is 36.5 Å². The first-order valence-electron chi connectivity index (χ1n) is 4.96. The van der Waals surface area contributed by atoms with Crippen LogP contribution < -0.4 is 0 Å². The van der Waals surface area contributed by atoms with E-state index < -0.39 is 0 Å². The quantitative estimate of drug-likeness (QED) is 0.558. The lowest BCUT2D eigenvalue weighted by Gasteiger charge is -2.32. The number of hydrogen-bond donors (Lipinski definition) is 0. The first-order chi connectivity index (χ1) is 6.27. The van der Waals surface area contributed by atoms with Crippen molar-refractivity contribution in [2.24, 2.45) is 11.8 Å². The molecule has 13 heavy (non-hydrogen) atoms. The van der Waals surface area contributed by atoms with Crippen molar-refractivity contribution in [2.45, 2.75) is 26.1 Å². The molecule has 0 aromatic carbocycles. The molecule has 1 heteroatoms. The van der Waals surface area contributed by atoms with Gasteiger partial charge >= 0.3 is 0 Å². The second-order valence-electron chi connectivity index (χ2n) is 4.04. The molecule has 0 spiro atoms. The second-order valence-corrected chi connectivity index (χ2v) is 4.04. The zero-order valence-electron chi connectivity index (χ0n) is 8.18. The monoisotopic (exact) mass is 176 g/mol. The SMILES string of the molecule is CC(C)C1C=CC2C=CC=CC2O1. The fourth-order valence-corrected chi connectivity index (χ4v) is 1.76. The maximum Gasteiger partial charge on any atom is 0.0864 e. The van der Waals surface area contributed by atoms with Crippen molar-refractivity contribution in [1.82, 2.24) is 0 Å². The van der Waals surface area contributed by atoms with Crippen LogP contribution in [0.25, 0.3) is 0 Å². The fraction of sp³-hybridized carbons (Fsp3) is 0.500. The Balaban J connectivity index is 2.12. The number of rotatable bonds is 1. The van der Waals surface area contributed by atoms with Crippen molar-refractivity contribution in [2.75, 3.05) is 0 Å². The summed E-state index contributed by atoms with van der Waals surface area (Å²) in [7, 11) is 0. The van der Waals surface area contributed by atoms with E-state index in [-0.39, 0.29) is 12.2 Å². The summed E-state index contributed by atoms with van der Waals surface area (Å²) in [6.07, 6.45) is 13.5. The summed E-state index contributed by atoms with van der Waals surface area (Å²) >= 11 is 0. The van der Waals surface area contributed by atoms with Gasteiger partial charge in [0.1, 0.15) is 0 Å². The van der Waals surface area contributed by atoms with Gasteiger partial charge in [0, 0.05) is 5.92 Å². The van der Waals surface area contributed by atoms with E-state index in [2.05, 4.69) is 50.3 Å². The molecule has 2 aliphatic rings. The highest BCUT2D eigenvalue weighted by Gasteiger charge is 2.25. The molecule has 0 saturated carbocycles. The van der Waals surface area contributed by atoms with Crippen LogP contribution in [0.3, 0.4) is 0 Å². The smallest absolute Gasteiger partial charge is 0.0864 e. The molecule has 3 atom stereocenters. The van der Waals surface area contributed by atoms with Gasteiger partial charge in [0.15, 0.2) is 0 Å². The molecule has 0 fully saturated rings. The number of hydrogen-bond acceptors (Lipinski definition) is 1. The topological polar surface area (TPSA) is 9.23 Å². The molecular weight excluding hydrogens is 160 g/mol. The van der Waals surface area contributed by atoms with Gasteiger partial charge in [-0.15, -0.1) is 0 Å². The highest BCUT2D eigenvalue weighted by Crippen LogP contribution is 2.26. The van der Waals surface area contributed by atoms with Crippen molar-refractivity contribution in [1.29, 1.82) is 0 Å². The van der Waals surface area contributed by atoms with E-state index in [0.29, 0.717) is 11.8 Å². The molecule has 0 amide bonds. The largest absolute Gasteiger partial charge is 0.366 e. The van der Waals surface area contributed by atoms with Crippen molar-refractivity contribution in [3.63, 3.8) is 0 Å². The van der Waals surface area contributed by atoms with Crippen LogP contribution in [0.15, 0.2) is 36.5 Å². The van der Waals surface area contributed by atoms with Gasteiger partial charge in [0.05, 0.1) is 12.2 Å². The average molecular weight is 176 g/mol. The van der Waals surface area contributed by atoms with E-state index >= 15 is 0 Å². The Labute approximate surface area is 79.8 Å². The Kier molecular flexibility index (Phi) is 2.36. The highest BCUT2D eigenvalue weighted by atomic mass is 16.5. The van der Waals surface area contributed by atoms with Crippen LogP contribution in [0.2, 0.25) is 0 Å². The van der Waals surface area contributed by atoms with E-state index in [4.69, 9.17) is 4.74 Å². The molecule has 1 aliphatic carbocycles. The summed E-state index contributed by atoms with van der Waals surface area (Å²) in [6.45, 7) is 4.38.